The molecular formula is C20H33Cl2N3O2. The molecule has 1 aromatic carbocycles. The molecule has 0 spiro atoms. The highest BCUT2D eigenvalue weighted by Crippen LogP contribution is 2.50. The summed E-state index contributed by atoms with van der Waals surface area (Å²) in [7, 11) is 0. The average Bonchev–Trinajstić information content (AvgIpc) is 2.61. The number of amides is 1. The zero-order chi connectivity index (χ0) is 18.2. The van der Waals surface area contributed by atoms with Crippen LogP contribution in [0.3, 0.4) is 0 Å². The molecule has 0 radical (unpaired) electrons. The normalized spacial score (nSPS) is 26.5. The summed E-state index contributed by atoms with van der Waals surface area (Å²) < 4.78 is 5.75. The molecular weight excluding hydrogens is 385 g/mol. The highest BCUT2D eigenvalue weighted by Gasteiger charge is 2.63. The Morgan fingerprint density at radius 2 is 1.85 bits per heavy atom. The maximum absolute atomic E-state index is 13.1. The van der Waals surface area contributed by atoms with Crippen LogP contribution in [0.5, 0.6) is 0 Å². The van der Waals surface area contributed by atoms with E-state index in [1.54, 1.807) is 0 Å². The van der Waals surface area contributed by atoms with Crippen molar-refractivity contribution in [2.75, 3.05) is 37.7 Å². The van der Waals surface area contributed by atoms with Gasteiger partial charge in [-0.1, -0.05) is 26.0 Å². The van der Waals surface area contributed by atoms with Crippen molar-refractivity contribution in [3.05, 3.63) is 29.8 Å². The van der Waals surface area contributed by atoms with Gasteiger partial charge in [-0.2, -0.15) is 0 Å². The van der Waals surface area contributed by atoms with Gasteiger partial charge >= 0.3 is 0 Å². The summed E-state index contributed by atoms with van der Waals surface area (Å²) in [5.41, 5.74) is 7.91. The number of hydrogen-bond donors (Lipinski definition) is 1. The van der Waals surface area contributed by atoms with E-state index in [0.29, 0.717) is 13.0 Å². The smallest absolute Gasteiger partial charge is 0.243 e. The molecule has 1 amide bonds. The molecule has 1 saturated heterocycles. The third-order valence-electron chi connectivity index (χ3n) is 6.15. The highest BCUT2D eigenvalue weighted by atomic mass is 35.5. The first kappa shape index (κ1) is 24.0. The van der Waals surface area contributed by atoms with Gasteiger partial charge in [0.25, 0.3) is 0 Å². The van der Waals surface area contributed by atoms with Crippen LogP contribution in [0.25, 0.3) is 0 Å². The molecule has 7 heteroatoms. The zero-order valence-corrected chi connectivity index (χ0v) is 18.4. The molecule has 2 aliphatic rings. The second-order valence-electron chi connectivity index (χ2n) is 7.96. The van der Waals surface area contributed by atoms with Crippen molar-refractivity contribution in [3.8, 4) is 0 Å². The first-order valence-electron chi connectivity index (χ1n) is 9.31. The fraction of sp³-hybridized carbons (Fsp3) is 0.650. The van der Waals surface area contributed by atoms with Gasteiger partial charge in [-0.3, -0.25) is 4.79 Å². The molecule has 27 heavy (non-hydrogen) atoms. The number of piperazine rings is 1. The average molecular weight is 418 g/mol. The SMILES string of the molecule is CCOC1CC(N)(C(=O)N2CCN(c3cccc(C)c3)CC2)C1(C)C.Cl.Cl. The summed E-state index contributed by atoms with van der Waals surface area (Å²) in [4.78, 5) is 17.4. The molecule has 1 heterocycles. The van der Waals surface area contributed by atoms with Crippen LogP contribution in [0.15, 0.2) is 24.3 Å². The predicted molar refractivity (Wildman–Crippen MR) is 115 cm³/mol. The summed E-state index contributed by atoms with van der Waals surface area (Å²) in [6.07, 6.45) is 0.685. The summed E-state index contributed by atoms with van der Waals surface area (Å²) in [6, 6.07) is 8.52. The van der Waals surface area contributed by atoms with E-state index in [2.05, 4.69) is 49.9 Å². The first-order valence-corrected chi connectivity index (χ1v) is 9.31. The van der Waals surface area contributed by atoms with Crippen LogP contribution in [-0.2, 0) is 9.53 Å². The molecule has 1 aliphatic carbocycles. The summed E-state index contributed by atoms with van der Waals surface area (Å²) in [5, 5.41) is 0. The number of aryl methyl sites for hydroxylation is 1. The Morgan fingerprint density at radius 3 is 2.37 bits per heavy atom. The third-order valence-corrected chi connectivity index (χ3v) is 6.15. The highest BCUT2D eigenvalue weighted by molar-refractivity contribution is 5.89. The monoisotopic (exact) mass is 417 g/mol. The van der Waals surface area contributed by atoms with Crippen LogP contribution in [0, 0.1) is 12.3 Å². The number of halogens is 2. The minimum absolute atomic E-state index is 0. The number of carbonyl (C=O) groups is 1. The van der Waals surface area contributed by atoms with E-state index in [1.165, 1.54) is 11.3 Å². The van der Waals surface area contributed by atoms with Crippen LogP contribution in [0.4, 0.5) is 5.69 Å². The van der Waals surface area contributed by atoms with Gasteiger partial charge in [0.05, 0.1) is 6.10 Å². The summed E-state index contributed by atoms with van der Waals surface area (Å²) in [5.74, 6) is 0.0809. The summed E-state index contributed by atoms with van der Waals surface area (Å²) >= 11 is 0. The van der Waals surface area contributed by atoms with E-state index in [4.69, 9.17) is 10.5 Å². The van der Waals surface area contributed by atoms with E-state index < -0.39 is 5.54 Å². The Hall–Kier alpha value is -1.01. The number of anilines is 1. The van der Waals surface area contributed by atoms with Crippen molar-refractivity contribution in [2.24, 2.45) is 11.1 Å². The van der Waals surface area contributed by atoms with Gasteiger partial charge in [-0.15, -0.1) is 24.8 Å². The van der Waals surface area contributed by atoms with Gasteiger partial charge in [0.15, 0.2) is 0 Å². The van der Waals surface area contributed by atoms with Gasteiger partial charge in [0.1, 0.15) is 5.54 Å². The fourth-order valence-corrected chi connectivity index (χ4v) is 4.07. The summed E-state index contributed by atoms with van der Waals surface area (Å²) in [6.45, 7) is 12.0. The van der Waals surface area contributed by atoms with E-state index in [-0.39, 0.29) is 42.2 Å². The Labute approximate surface area is 175 Å². The van der Waals surface area contributed by atoms with E-state index in [1.807, 2.05) is 11.8 Å². The van der Waals surface area contributed by atoms with Gasteiger partial charge in [-0.05, 0) is 31.5 Å². The maximum Gasteiger partial charge on any atom is 0.243 e. The molecule has 3 rings (SSSR count). The lowest BCUT2D eigenvalue weighted by atomic mass is 9.54. The number of carbonyl (C=O) groups excluding carboxylic acids is 1. The van der Waals surface area contributed by atoms with Crippen LogP contribution in [-0.4, -0.2) is 55.2 Å². The number of ether oxygens (including phenoxy) is 1. The number of benzene rings is 1. The lowest BCUT2D eigenvalue weighted by Gasteiger charge is -2.59. The largest absolute Gasteiger partial charge is 0.378 e. The minimum Gasteiger partial charge on any atom is -0.378 e. The topological polar surface area (TPSA) is 58.8 Å². The molecule has 2 atom stereocenters. The number of hydrogen-bond acceptors (Lipinski definition) is 4. The molecule has 0 aromatic heterocycles. The number of rotatable bonds is 4. The molecule has 1 aliphatic heterocycles. The lowest BCUT2D eigenvalue weighted by Crippen LogP contribution is -2.76. The molecule has 2 unspecified atom stereocenters. The second kappa shape index (κ2) is 8.99. The fourth-order valence-electron chi connectivity index (χ4n) is 4.07. The number of nitrogens with two attached hydrogens (primary N) is 1. The minimum atomic E-state index is -0.807. The Kier molecular flexibility index (Phi) is 8.00. The second-order valence-corrected chi connectivity index (χ2v) is 7.96. The van der Waals surface area contributed by atoms with Crippen LogP contribution in [0.2, 0.25) is 0 Å². The standard InChI is InChI=1S/C20H31N3O2.2ClH/c1-5-25-17-14-20(21,19(17,3)4)18(24)23-11-9-22(10-12-23)16-8-6-7-15(2)13-16;;/h6-8,13,17H,5,9-12,14,21H2,1-4H3;2*1H. The molecule has 2 N–H and O–H groups in total. The van der Waals surface area contributed by atoms with Gasteiger partial charge in [0.2, 0.25) is 5.91 Å². The van der Waals surface area contributed by atoms with E-state index in [9.17, 15) is 4.79 Å². The quantitative estimate of drug-likeness (QED) is 0.817. The van der Waals surface area contributed by atoms with Crippen molar-refractivity contribution in [2.45, 2.75) is 45.8 Å². The molecule has 2 fully saturated rings. The van der Waals surface area contributed by atoms with Crippen molar-refractivity contribution in [3.63, 3.8) is 0 Å². The molecule has 154 valence electrons. The maximum atomic E-state index is 13.1. The Morgan fingerprint density at radius 1 is 1.22 bits per heavy atom. The van der Waals surface area contributed by atoms with Crippen molar-refractivity contribution < 1.29 is 9.53 Å². The predicted octanol–water partition coefficient (Wildman–Crippen LogP) is 3.02. The van der Waals surface area contributed by atoms with Crippen molar-refractivity contribution in [1.29, 1.82) is 0 Å². The number of nitrogens with zero attached hydrogens (tertiary/aromatic N) is 2. The van der Waals surface area contributed by atoms with Crippen LogP contribution in [0.1, 0.15) is 32.8 Å². The van der Waals surface area contributed by atoms with Gasteiger partial charge < -0.3 is 20.3 Å². The molecule has 1 saturated carbocycles. The van der Waals surface area contributed by atoms with Crippen LogP contribution < -0.4 is 10.6 Å². The van der Waals surface area contributed by atoms with Crippen molar-refractivity contribution in [1.82, 2.24) is 4.90 Å². The van der Waals surface area contributed by atoms with Crippen molar-refractivity contribution >= 4 is 36.4 Å². The van der Waals surface area contributed by atoms with E-state index in [0.717, 1.165) is 26.2 Å². The Balaban J connectivity index is 0.00000182. The van der Waals surface area contributed by atoms with Crippen LogP contribution >= 0.6 is 24.8 Å². The lowest BCUT2D eigenvalue weighted by molar-refractivity contribution is -0.179. The molecule has 0 bridgehead atoms. The first-order chi connectivity index (χ1) is 11.8. The van der Waals surface area contributed by atoms with Gasteiger partial charge in [0, 0.05) is 50.3 Å². The molecule has 1 aromatic rings. The zero-order valence-electron chi connectivity index (χ0n) is 16.7. The third kappa shape index (κ3) is 4.21. The molecule has 5 nitrogen and oxygen atoms in total. The van der Waals surface area contributed by atoms with Gasteiger partial charge in [-0.25, -0.2) is 0 Å². The van der Waals surface area contributed by atoms with E-state index >= 15 is 0 Å². The Bertz CT molecular complexity index is 648.